The molecule has 1 aromatic heterocycles. The van der Waals surface area contributed by atoms with Crippen LogP contribution < -0.4 is 5.43 Å². The number of hydrogen-bond acceptors (Lipinski definition) is 5. The number of hydrazone groups is 1. The molecule has 1 N–H and O–H groups in total. The van der Waals surface area contributed by atoms with E-state index >= 15 is 0 Å². The Bertz CT molecular complexity index is 928. The molecule has 0 saturated carbocycles. The summed E-state index contributed by atoms with van der Waals surface area (Å²) in [6.07, 6.45) is 1.61. The van der Waals surface area contributed by atoms with Crippen molar-refractivity contribution in [3.8, 4) is 0 Å². The zero-order chi connectivity index (χ0) is 16.9. The number of fused-ring (bicyclic) bond motifs is 1. The van der Waals surface area contributed by atoms with Crippen molar-refractivity contribution in [2.24, 2.45) is 5.10 Å². The SMILES string of the molecule is O=C(Cc1cccc2ccccc12)N/N=C\c1ccc([N+](=O)[O-])s1. The Kier molecular flexibility index (Phi) is 4.62. The molecule has 0 aliphatic carbocycles. The Morgan fingerprint density at radius 2 is 1.96 bits per heavy atom. The molecule has 0 aliphatic heterocycles. The number of nitrogens with one attached hydrogen (secondary N) is 1. The van der Waals surface area contributed by atoms with E-state index in [-0.39, 0.29) is 17.3 Å². The van der Waals surface area contributed by atoms with E-state index in [1.54, 1.807) is 6.07 Å². The summed E-state index contributed by atoms with van der Waals surface area (Å²) < 4.78 is 0. The first-order chi connectivity index (χ1) is 11.6. The number of nitrogens with zero attached hydrogens (tertiary/aromatic N) is 2. The standard InChI is InChI=1S/C17H13N3O3S/c21-16(19-18-11-14-8-9-17(24-14)20(22)23)10-13-6-3-5-12-4-1-2-7-15(12)13/h1-9,11H,10H2,(H,19,21)/b18-11-. The summed E-state index contributed by atoms with van der Waals surface area (Å²) in [7, 11) is 0. The minimum atomic E-state index is -0.457. The fourth-order valence-electron chi connectivity index (χ4n) is 2.34. The van der Waals surface area contributed by atoms with Crippen molar-refractivity contribution in [1.82, 2.24) is 5.43 Å². The van der Waals surface area contributed by atoms with Crippen LogP contribution in [0.3, 0.4) is 0 Å². The van der Waals surface area contributed by atoms with Crippen LogP contribution in [0.5, 0.6) is 0 Å². The molecule has 0 unspecified atom stereocenters. The molecule has 24 heavy (non-hydrogen) atoms. The summed E-state index contributed by atoms with van der Waals surface area (Å²) in [5.74, 6) is -0.242. The molecular weight excluding hydrogens is 326 g/mol. The molecule has 0 spiro atoms. The van der Waals surface area contributed by atoms with Gasteiger partial charge in [0.15, 0.2) is 0 Å². The van der Waals surface area contributed by atoms with Gasteiger partial charge in [0.25, 0.3) is 0 Å². The van der Waals surface area contributed by atoms with Crippen molar-refractivity contribution >= 4 is 39.2 Å². The van der Waals surface area contributed by atoms with Crippen LogP contribution in [-0.2, 0) is 11.2 Å². The Morgan fingerprint density at radius 3 is 2.75 bits per heavy atom. The lowest BCUT2D eigenvalue weighted by molar-refractivity contribution is -0.380. The van der Waals surface area contributed by atoms with Gasteiger partial charge in [0.2, 0.25) is 5.91 Å². The van der Waals surface area contributed by atoms with Gasteiger partial charge in [0.05, 0.1) is 22.4 Å². The first kappa shape index (κ1) is 15.8. The Labute approximate surface area is 141 Å². The van der Waals surface area contributed by atoms with Crippen molar-refractivity contribution in [2.75, 3.05) is 0 Å². The summed E-state index contributed by atoms with van der Waals surface area (Å²) in [5.41, 5.74) is 3.37. The largest absolute Gasteiger partial charge is 0.324 e. The zero-order valence-electron chi connectivity index (χ0n) is 12.5. The second-order valence-electron chi connectivity index (χ2n) is 5.04. The summed E-state index contributed by atoms with van der Waals surface area (Å²) in [4.78, 5) is 22.8. The number of nitro groups is 1. The highest BCUT2D eigenvalue weighted by atomic mass is 32.1. The number of carbonyl (C=O) groups is 1. The molecule has 1 amide bonds. The maximum absolute atomic E-state index is 12.0. The fourth-order valence-corrected chi connectivity index (χ4v) is 3.03. The van der Waals surface area contributed by atoms with E-state index < -0.39 is 4.92 Å². The Balaban J connectivity index is 1.64. The third kappa shape index (κ3) is 3.64. The molecule has 3 rings (SSSR count). The lowest BCUT2D eigenvalue weighted by Gasteiger charge is -2.05. The normalized spacial score (nSPS) is 11.0. The molecule has 120 valence electrons. The average molecular weight is 339 g/mol. The molecule has 0 fully saturated rings. The van der Waals surface area contributed by atoms with Crippen molar-refractivity contribution < 1.29 is 9.72 Å². The van der Waals surface area contributed by atoms with Crippen LogP contribution in [0, 0.1) is 10.1 Å². The van der Waals surface area contributed by atoms with Gasteiger partial charge in [-0.2, -0.15) is 5.10 Å². The van der Waals surface area contributed by atoms with Crippen LogP contribution in [0.1, 0.15) is 10.4 Å². The maximum atomic E-state index is 12.0. The minimum absolute atomic E-state index is 0.0403. The molecule has 1 heterocycles. The molecule has 7 heteroatoms. The van der Waals surface area contributed by atoms with E-state index in [0.717, 1.165) is 27.7 Å². The van der Waals surface area contributed by atoms with Gasteiger partial charge in [0.1, 0.15) is 0 Å². The van der Waals surface area contributed by atoms with Gasteiger partial charge in [-0.05, 0) is 22.4 Å². The number of thiophene rings is 1. The smallest absolute Gasteiger partial charge is 0.273 e. The predicted octanol–water partition coefficient (Wildman–Crippen LogP) is 3.50. The van der Waals surface area contributed by atoms with Crippen LogP contribution >= 0.6 is 11.3 Å². The predicted molar refractivity (Wildman–Crippen MR) is 94.4 cm³/mol. The number of carbonyl (C=O) groups excluding carboxylic acids is 1. The zero-order valence-corrected chi connectivity index (χ0v) is 13.3. The van der Waals surface area contributed by atoms with Crippen LogP contribution in [-0.4, -0.2) is 17.0 Å². The number of benzene rings is 2. The van der Waals surface area contributed by atoms with E-state index in [1.165, 1.54) is 12.3 Å². The summed E-state index contributed by atoms with van der Waals surface area (Å²) in [6, 6.07) is 16.7. The second-order valence-corrected chi connectivity index (χ2v) is 6.14. The quantitative estimate of drug-likeness (QED) is 0.438. The molecule has 0 aliphatic rings. The second kappa shape index (κ2) is 7.01. The van der Waals surface area contributed by atoms with E-state index in [1.807, 2.05) is 42.5 Å². The van der Waals surface area contributed by atoms with Gasteiger partial charge in [-0.1, -0.05) is 53.8 Å². The van der Waals surface area contributed by atoms with E-state index in [2.05, 4.69) is 10.5 Å². The molecule has 0 saturated heterocycles. The highest BCUT2D eigenvalue weighted by Crippen LogP contribution is 2.22. The first-order valence-corrected chi connectivity index (χ1v) is 7.98. The van der Waals surface area contributed by atoms with Gasteiger partial charge < -0.3 is 0 Å². The Morgan fingerprint density at radius 1 is 1.17 bits per heavy atom. The molecule has 6 nitrogen and oxygen atoms in total. The van der Waals surface area contributed by atoms with Gasteiger partial charge in [-0.15, -0.1) is 0 Å². The third-order valence-electron chi connectivity index (χ3n) is 3.40. The van der Waals surface area contributed by atoms with Crippen molar-refractivity contribution in [2.45, 2.75) is 6.42 Å². The third-order valence-corrected chi connectivity index (χ3v) is 4.38. The van der Waals surface area contributed by atoms with Crippen molar-refractivity contribution in [1.29, 1.82) is 0 Å². The molecular formula is C17H13N3O3S. The molecule has 0 bridgehead atoms. The Hall–Kier alpha value is -3.06. The van der Waals surface area contributed by atoms with E-state index in [4.69, 9.17) is 0 Å². The topological polar surface area (TPSA) is 84.6 Å². The maximum Gasteiger partial charge on any atom is 0.324 e. The lowest BCUT2D eigenvalue weighted by atomic mass is 10.0. The van der Waals surface area contributed by atoms with E-state index in [9.17, 15) is 14.9 Å². The van der Waals surface area contributed by atoms with E-state index in [0.29, 0.717) is 4.88 Å². The van der Waals surface area contributed by atoms with Crippen LogP contribution in [0.15, 0.2) is 59.7 Å². The van der Waals surface area contributed by atoms with Crippen LogP contribution in [0.2, 0.25) is 0 Å². The number of amides is 1. The lowest BCUT2D eigenvalue weighted by Crippen LogP contribution is -2.19. The molecule has 3 aromatic rings. The summed E-state index contributed by atoms with van der Waals surface area (Å²) in [6.45, 7) is 0. The van der Waals surface area contributed by atoms with Crippen LogP contribution in [0.4, 0.5) is 5.00 Å². The van der Waals surface area contributed by atoms with Crippen molar-refractivity contribution in [3.63, 3.8) is 0 Å². The fraction of sp³-hybridized carbons (Fsp3) is 0.0588. The monoisotopic (exact) mass is 339 g/mol. The van der Waals surface area contributed by atoms with Crippen LogP contribution in [0.25, 0.3) is 10.8 Å². The summed E-state index contributed by atoms with van der Waals surface area (Å²) in [5, 5.41) is 16.6. The number of rotatable bonds is 5. The molecule has 0 atom stereocenters. The van der Waals surface area contributed by atoms with Crippen molar-refractivity contribution in [3.05, 3.63) is 75.2 Å². The molecule has 0 radical (unpaired) electrons. The average Bonchev–Trinajstić information content (AvgIpc) is 3.04. The van der Waals surface area contributed by atoms with Gasteiger partial charge in [-0.3, -0.25) is 14.9 Å². The first-order valence-electron chi connectivity index (χ1n) is 7.16. The van der Waals surface area contributed by atoms with Gasteiger partial charge >= 0.3 is 5.00 Å². The number of hydrogen-bond donors (Lipinski definition) is 1. The minimum Gasteiger partial charge on any atom is -0.273 e. The highest BCUT2D eigenvalue weighted by Gasteiger charge is 2.09. The van der Waals surface area contributed by atoms with Gasteiger partial charge in [-0.25, -0.2) is 5.43 Å². The highest BCUT2D eigenvalue weighted by molar-refractivity contribution is 7.16. The summed E-state index contributed by atoms with van der Waals surface area (Å²) >= 11 is 0.999. The molecule has 2 aromatic carbocycles. The van der Waals surface area contributed by atoms with Gasteiger partial charge in [0, 0.05) is 6.07 Å².